The number of benzene rings is 3. The first-order valence-electron chi connectivity index (χ1n) is 5.66. The second-order valence-corrected chi connectivity index (χ2v) is 7.49. The fourth-order valence-electron chi connectivity index (χ4n) is 2.35. The molecule has 0 aliphatic carbocycles. The van der Waals surface area contributed by atoms with E-state index >= 15 is 0 Å². The summed E-state index contributed by atoms with van der Waals surface area (Å²) in [6.07, 6.45) is 0. The molecule has 0 spiro atoms. The zero-order valence-electron chi connectivity index (χ0n) is 9.68. The van der Waals surface area contributed by atoms with E-state index in [4.69, 9.17) is 0 Å². The van der Waals surface area contributed by atoms with Crippen LogP contribution in [0.2, 0.25) is 0 Å². The third kappa shape index (κ3) is 2.41. The molecule has 19 heavy (non-hydrogen) atoms. The van der Waals surface area contributed by atoms with Gasteiger partial charge >= 0.3 is 0 Å². The Labute approximate surface area is 145 Å². The second kappa shape index (κ2) is 5.47. The molecule has 96 valence electrons. The van der Waals surface area contributed by atoms with Crippen molar-refractivity contribution in [1.82, 2.24) is 0 Å². The van der Waals surface area contributed by atoms with E-state index in [0.717, 1.165) is 18.7 Å². The monoisotopic (exact) mass is 504 g/mol. The van der Waals surface area contributed by atoms with E-state index in [-0.39, 0.29) is 0 Å². The number of alkyl halides is 1. The van der Waals surface area contributed by atoms with E-state index < -0.39 is 0 Å². The molecule has 0 fully saturated rings. The predicted octanol–water partition coefficient (Wildman–Crippen LogP) is 7.18. The lowest BCUT2D eigenvalue weighted by atomic mass is 9.98. The number of rotatable bonds is 1. The minimum atomic E-state index is 0.822. The van der Waals surface area contributed by atoms with Crippen molar-refractivity contribution in [1.29, 1.82) is 0 Å². The molecule has 3 aromatic rings. The molecule has 0 unspecified atom stereocenters. The van der Waals surface area contributed by atoms with Crippen molar-refractivity contribution in [2.75, 3.05) is 0 Å². The van der Waals surface area contributed by atoms with Crippen molar-refractivity contribution in [2.45, 2.75) is 5.33 Å². The van der Waals surface area contributed by atoms with E-state index in [1.165, 1.54) is 27.1 Å². The van der Waals surface area contributed by atoms with Crippen LogP contribution in [-0.2, 0) is 5.33 Å². The predicted molar refractivity (Wildman–Crippen MR) is 97.2 cm³/mol. The van der Waals surface area contributed by atoms with Crippen molar-refractivity contribution in [2.24, 2.45) is 0 Å². The smallest absolute Gasteiger partial charge is 0.0301 e. The van der Waals surface area contributed by atoms with Crippen LogP contribution in [0.5, 0.6) is 0 Å². The highest BCUT2D eigenvalue weighted by molar-refractivity contribution is 9.11. The third-order valence-corrected chi connectivity index (χ3v) is 5.67. The van der Waals surface area contributed by atoms with Gasteiger partial charge in [-0.15, -0.1) is 0 Å². The lowest BCUT2D eigenvalue weighted by molar-refractivity contribution is 1.47. The Morgan fingerprint density at radius 2 is 1.21 bits per heavy atom. The quantitative estimate of drug-likeness (QED) is 0.242. The Hall–Kier alpha value is 0.1000. The third-order valence-electron chi connectivity index (χ3n) is 3.21. The zero-order valence-corrected chi connectivity index (χ0v) is 16.0. The Kier molecular flexibility index (Phi) is 4.05. The molecule has 0 saturated carbocycles. The molecular weight excluding hydrogens is 500 g/mol. The molecule has 0 nitrogen and oxygen atoms in total. The SMILES string of the molecule is BrCc1c(Br)c2cc(Br)ccc2c2ccc(Br)cc12. The number of hydrogen-bond acceptors (Lipinski definition) is 0. The molecule has 4 heteroatoms. The average Bonchev–Trinajstić information content (AvgIpc) is 2.39. The zero-order chi connectivity index (χ0) is 13.6. The summed E-state index contributed by atoms with van der Waals surface area (Å²) in [4.78, 5) is 0. The maximum atomic E-state index is 3.76. The van der Waals surface area contributed by atoms with Crippen molar-refractivity contribution in [3.63, 3.8) is 0 Å². The number of fused-ring (bicyclic) bond motifs is 3. The van der Waals surface area contributed by atoms with Crippen molar-refractivity contribution in [3.05, 3.63) is 55.4 Å². The molecular formula is C15H8Br4. The largest absolute Gasteiger partial charge is 0.0876 e. The summed E-state index contributed by atoms with van der Waals surface area (Å²) in [5.74, 6) is 0. The van der Waals surface area contributed by atoms with E-state index in [9.17, 15) is 0 Å². The van der Waals surface area contributed by atoms with Crippen LogP contribution in [-0.4, -0.2) is 0 Å². The standard InChI is InChI=1S/C15H8Br4/c16-7-14-12-5-8(17)1-3-10(12)11-4-2-9(18)6-13(11)15(14)19/h1-6H,7H2. The van der Waals surface area contributed by atoms with Crippen LogP contribution < -0.4 is 0 Å². The van der Waals surface area contributed by atoms with Crippen LogP contribution >= 0.6 is 63.7 Å². The minimum Gasteiger partial charge on any atom is -0.0876 e. The van der Waals surface area contributed by atoms with E-state index in [2.05, 4.69) is 100 Å². The van der Waals surface area contributed by atoms with Crippen LogP contribution in [0.3, 0.4) is 0 Å². The Balaban J connectivity index is 2.60. The maximum Gasteiger partial charge on any atom is 0.0301 e. The minimum absolute atomic E-state index is 0.822. The lowest BCUT2D eigenvalue weighted by Gasteiger charge is -2.13. The van der Waals surface area contributed by atoms with Gasteiger partial charge in [0.15, 0.2) is 0 Å². The van der Waals surface area contributed by atoms with E-state index in [0.29, 0.717) is 0 Å². The molecule has 0 aromatic heterocycles. The Bertz CT molecular complexity index is 793. The van der Waals surface area contributed by atoms with Crippen molar-refractivity contribution < 1.29 is 0 Å². The van der Waals surface area contributed by atoms with Crippen molar-refractivity contribution in [3.8, 4) is 0 Å². The van der Waals surface area contributed by atoms with Gasteiger partial charge in [-0.3, -0.25) is 0 Å². The van der Waals surface area contributed by atoms with Gasteiger partial charge in [0.1, 0.15) is 0 Å². The van der Waals surface area contributed by atoms with Crippen LogP contribution in [0.4, 0.5) is 0 Å². The van der Waals surface area contributed by atoms with Gasteiger partial charge in [0.25, 0.3) is 0 Å². The highest BCUT2D eigenvalue weighted by Gasteiger charge is 2.12. The van der Waals surface area contributed by atoms with Crippen LogP contribution in [0.15, 0.2) is 49.8 Å². The molecule has 0 aliphatic rings. The van der Waals surface area contributed by atoms with Gasteiger partial charge in [-0.2, -0.15) is 0 Å². The fraction of sp³-hybridized carbons (Fsp3) is 0.0667. The van der Waals surface area contributed by atoms with Crippen molar-refractivity contribution >= 4 is 85.3 Å². The molecule has 0 heterocycles. The summed E-state index contributed by atoms with van der Waals surface area (Å²) in [6, 6.07) is 12.9. The first-order valence-corrected chi connectivity index (χ1v) is 9.16. The van der Waals surface area contributed by atoms with E-state index in [1.54, 1.807) is 0 Å². The molecule has 0 saturated heterocycles. The average molecular weight is 508 g/mol. The summed E-state index contributed by atoms with van der Waals surface area (Å²) in [6.45, 7) is 0. The summed E-state index contributed by atoms with van der Waals surface area (Å²) in [7, 11) is 0. The molecule has 0 aliphatic heterocycles. The van der Waals surface area contributed by atoms with Crippen LogP contribution in [0, 0.1) is 0 Å². The Morgan fingerprint density at radius 3 is 1.79 bits per heavy atom. The second-order valence-electron chi connectivity index (χ2n) is 4.31. The topological polar surface area (TPSA) is 0 Å². The van der Waals surface area contributed by atoms with Crippen LogP contribution in [0.25, 0.3) is 21.5 Å². The lowest BCUT2D eigenvalue weighted by Crippen LogP contribution is -1.88. The van der Waals surface area contributed by atoms with E-state index in [1.807, 2.05) is 0 Å². The van der Waals surface area contributed by atoms with Crippen LogP contribution in [0.1, 0.15) is 5.56 Å². The molecule has 0 bridgehead atoms. The number of hydrogen-bond donors (Lipinski definition) is 0. The molecule has 0 atom stereocenters. The van der Waals surface area contributed by atoms with Gasteiger partial charge in [-0.05, 0) is 67.3 Å². The first-order chi connectivity index (χ1) is 9.11. The van der Waals surface area contributed by atoms with Gasteiger partial charge in [0.2, 0.25) is 0 Å². The van der Waals surface area contributed by atoms with Gasteiger partial charge < -0.3 is 0 Å². The molecule has 0 N–H and O–H groups in total. The Morgan fingerprint density at radius 1 is 0.684 bits per heavy atom. The van der Waals surface area contributed by atoms with Gasteiger partial charge in [0, 0.05) is 18.7 Å². The summed E-state index contributed by atoms with van der Waals surface area (Å²) < 4.78 is 3.36. The summed E-state index contributed by atoms with van der Waals surface area (Å²) in [5.41, 5.74) is 1.28. The molecule has 0 radical (unpaired) electrons. The normalized spacial score (nSPS) is 11.4. The number of halogens is 4. The molecule has 3 aromatic carbocycles. The van der Waals surface area contributed by atoms with Gasteiger partial charge in [-0.1, -0.05) is 59.9 Å². The highest BCUT2D eigenvalue weighted by Crippen LogP contribution is 2.39. The van der Waals surface area contributed by atoms with Gasteiger partial charge in [0.05, 0.1) is 0 Å². The molecule has 3 rings (SSSR count). The first kappa shape index (κ1) is 14.1. The maximum absolute atomic E-state index is 3.76. The van der Waals surface area contributed by atoms with Gasteiger partial charge in [-0.25, -0.2) is 0 Å². The highest BCUT2D eigenvalue weighted by atomic mass is 79.9. The molecule has 0 amide bonds. The summed E-state index contributed by atoms with van der Waals surface area (Å²) >= 11 is 14.5. The summed E-state index contributed by atoms with van der Waals surface area (Å²) in [5, 5.41) is 5.88. The fourth-order valence-corrected chi connectivity index (χ4v) is 4.71.